The van der Waals surface area contributed by atoms with Crippen LogP contribution in [0.1, 0.15) is 43.7 Å². The van der Waals surface area contributed by atoms with Gasteiger partial charge in [0, 0.05) is 90.1 Å². The second-order valence-corrected chi connectivity index (χ2v) is 13.8. The number of rotatable bonds is 7. The van der Waals surface area contributed by atoms with E-state index in [4.69, 9.17) is 37.4 Å². The zero-order valence-corrected chi connectivity index (χ0v) is 29.2. The first kappa shape index (κ1) is 35.3. The van der Waals surface area contributed by atoms with Crippen LogP contribution in [0.5, 0.6) is 5.75 Å². The van der Waals surface area contributed by atoms with Crippen LogP contribution in [0.15, 0.2) is 36.4 Å². The average Bonchev–Trinajstić information content (AvgIpc) is 3.27. The van der Waals surface area contributed by atoms with Crippen LogP contribution in [0.3, 0.4) is 0 Å². The molecule has 12 nitrogen and oxygen atoms in total. The first-order valence-electron chi connectivity index (χ1n) is 17.0. The minimum atomic E-state index is -1.12. The number of hydrogen-bond donors (Lipinski definition) is 1. The Morgan fingerprint density at radius 1 is 0.898 bits per heavy atom. The maximum Gasteiger partial charge on any atom is 0.410 e. The van der Waals surface area contributed by atoms with Gasteiger partial charge in [0.25, 0.3) is 5.91 Å². The molecule has 264 valence electrons. The third kappa shape index (κ3) is 8.60. The molecule has 4 aliphatic heterocycles. The quantitative estimate of drug-likeness (QED) is 0.319. The lowest BCUT2D eigenvalue weighted by Gasteiger charge is -2.41. The second-order valence-electron chi connectivity index (χ2n) is 13.0. The lowest BCUT2D eigenvalue weighted by atomic mass is 10.0. The van der Waals surface area contributed by atoms with Crippen molar-refractivity contribution in [1.82, 2.24) is 19.6 Å². The molecule has 1 N–H and O–H groups in total. The summed E-state index contributed by atoms with van der Waals surface area (Å²) in [7, 11) is 0. The maximum absolute atomic E-state index is 14.0. The van der Waals surface area contributed by atoms with Gasteiger partial charge in [0.05, 0.1) is 10.0 Å². The molecule has 3 fully saturated rings. The summed E-state index contributed by atoms with van der Waals surface area (Å²) in [5.41, 5.74) is 2.49. The minimum absolute atomic E-state index is 0.0252. The van der Waals surface area contributed by atoms with E-state index >= 15 is 0 Å². The molecular formula is C35H43Cl2N5O7. The molecule has 1 atom stereocenters. The highest BCUT2D eigenvalue weighted by Crippen LogP contribution is 2.35. The van der Waals surface area contributed by atoms with Gasteiger partial charge in [0.15, 0.2) is 11.9 Å². The van der Waals surface area contributed by atoms with Gasteiger partial charge in [-0.2, -0.15) is 0 Å². The Bertz CT molecular complexity index is 1510. The normalized spacial score (nSPS) is 20.2. The monoisotopic (exact) mass is 715 g/mol. The van der Waals surface area contributed by atoms with Crippen LogP contribution in [0.2, 0.25) is 10.0 Å². The fourth-order valence-electron chi connectivity index (χ4n) is 7.22. The molecule has 0 saturated carbocycles. The minimum Gasteiger partial charge on any atom is -0.436 e. The van der Waals surface area contributed by atoms with Crippen LogP contribution in [0, 0.1) is 0 Å². The number of piperidine rings is 1. The van der Waals surface area contributed by atoms with Crippen molar-refractivity contribution in [3.05, 3.63) is 57.6 Å². The van der Waals surface area contributed by atoms with Crippen molar-refractivity contribution in [2.75, 3.05) is 64.3 Å². The summed E-state index contributed by atoms with van der Waals surface area (Å²) in [5.74, 6) is -0.815. The van der Waals surface area contributed by atoms with E-state index in [0.717, 1.165) is 56.8 Å². The predicted molar refractivity (Wildman–Crippen MR) is 184 cm³/mol. The van der Waals surface area contributed by atoms with Gasteiger partial charge in [-0.05, 0) is 61.4 Å². The number of nitrogens with zero attached hydrogens (tertiary/aromatic N) is 4. The molecule has 4 aliphatic rings. The van der Waals surface area contributed by atoms with Gasteiger partial charge in [-0.3, -0.25) is 14.5 Å². The number of urea groups is 1. The van der Waals surface area contributed by atoms with Crippen LogP contribution in [-0.4, -0.2) is 121 Å². The topological polar surface area (TPSA) is 121 Å². The zero-order chi connectivity index (χ0) is 34.5. The molecule has 3 saturated heterocycles. The van der Waals surface area contributed by atoms with Gasteiger partial charge >= 0.3 is 18.1 Å². The van der Waals surface area contributed by atoms with Gasteiger partial charge in [0.1, 0.15) is 0 Å². The maximum atomic E-state index is 14.0. The third-order valence-corrected chi connectivity index (χ3v) is 10.4. The van der Waals surface area contributed by atoms with Gasteiger partial charge in [0.2, 0.25) is 0 Å². The number of fused-ring (bicyclic) bond motifs is 1. The molecule has 0 radical (unpaired) electrons. The van der Waals surface area contributed by atoms with E-state index in [1.165, 1.54) is 6.92 Å². The Hall–Kier alpha value is -3.58. The summed E-state index contributed by atoms with van der Waals surface area (Å²) in [6.07, 6.45) is 2.22. The van der Waals surface area contributed by atoms with Crippen molar-refractivity contribution < 1.29 is 33.4 Å². The number of likely N-dealkylation sites (tertiary alicyclic amines) is 1. The number of amides is 4. The molecule has 0 aliphatic carbocycles. The molecule has 0 spiro atoms. The van der Waals surface area contributed by atoms with E-state index < -0.39 is 18.2 Å². The number of benzene rings is 2. The molecule has 6 rings (SSSR count). The molecule has 49 heavy (non-hydrogen) atoms. The fourth-order valence-corrected chi connectivity index (χ4v) is 7.83. The SMILES string of the molecule is CC(=O)Oc1c(Cl)cc(C[C@@H](OC(=O)N2CCC(N3CCc4ccccc4NC3=O)CC2)C(=O)N2CCN(C3CCOCC3)CC2)cc1Cl. The van der Waals surface area contributed by atoms with Crippen LogP contribution in [0.25, 0.3) is 0 Å². The number of para-hydroxylation sites is 1. The summed E-state index contributed by atoms with van der Waals surface area (Å²) in [5, 5.41) is 3.25. The Labute approximate surface area is 296 Å². The molecule has 4 heterocycles. The first-order chi connectivity index (χ1) is 23.7. The largest absolute Gasteiger partial charge is 0.436 e. The number of nitrogens with one attached hydrogen (secondary N) is 1. The number of carbonyl (C=O) groups excluding carboxylic acids is 4. The van der Waals surface area contributed by atoms with Gasteiger partial charge in [-0.15, -0.1) is 0 Å². The Balaban J connectivity index is 1.11. The first-order valence-corrected chi connectivity index (χ1v) is 17.8. The highest BCUT2D eigenvalue weighted by molar-refractivity contribution is 6.37. The van der Waals surface area contributed by atoms with Crippen molar-refractivity contribution in [2.24, 2.45) is 0 Å². The van der Waals surface area contributed by atoms with E-state index in [2.05, 4.69) is 10.2 Å². The number of esters is 1. The molecule has 0 aromatic heterocycles. The Morgan fingerprint density at radius 3 is 2.24 bits per heavy atom. The summed E-state index contributed by atoms with van der Waals surface area (Å²) >= 11 is 12.8. The summed E-state index contributed by atoms with van der Waals surface area (Å²) < 4.78 is 16.7. The van der Waals surface area contributed by atoms with Crippen LogP contribution in [-0.2, 0) is 31.9 Å². The van der Waals surface area contributed by atoms with Gasteiger partial charge in [-0.25, -0.2) is 9.59 Å². The lowest BCUT2D eigenvalue weighted by Crippen LogP contribution is -2.56. The number of anilines is 1. The summed E-state index contributed by atoms with van der Waals surface area (Å²) in [6.45, 7) is 6.62. The number of carbonyl (C=O) groups is 4. The molecule has 4 amide bonds. The Morgan fingerprint density at radius 2 is 1.57 bits per heavy atom. The predicted octanol–water partition coefficient (Wildman–Crippen LogP) is 4.84. The van der Waals surface area contributed by atoms with E-state index in [1.807, 2.05) is 29.2 Å². The van der Waals surface area contributed by atoms with Crippen molar-refractivity contribution in [3.63, 3.8) is 0 Å². The van der Waals surface area contributed by atoms with E-state index in [-0.39, 0.29) is 40.2 Å². The van der Waals surface area contributed by atoms with Crippen molar-refractivity contribution in [3.8, 4) is 5.75 Å². The molecule has 0 bridgehead atoms. The van der Waals surface area contributed by atoms with Crippen LogP contribution >= 0.6 is 23.2 Å². The van der Waals surface area contributed by atoms with Crippen molar-refractivity contribution in [1.29, 1.82) is 0 Å². The van der Waals surface area contributed by atoms with E-state index in [1.54, 1.807) is 21.9 Å². The fraction of sp³-hybridized carbons (Fsp3) is 0.543. The second kappa shape index (κ2) is 16.0. The van der Waals surface area contributed by atoms with Crippen LogP contribution < -0.4 is 10.1 Å². The smallest absolute Gasteiger partial charge is 0.410 e. The molecule has 2 aromatic carbocycles. The standard InChI is InChI=1S/C35H43Cl2N5O7/c1-23(43)48-32-28(36)20-24(21-29(32)37)22-31(33(44)40-16-14-39(15-17-40)26-9-18-47-19-10-26)49-35(46)41-11-7-27(8-12-41)42-13-6-25-4-2-3-5-30(25)38-34(42)45/h2-5,20-21,26-27,31H,6-19,22H2,1H3,(H,38,45)/t31-/m1/s1. The van der Waals surface area contributed by atoms with E-state index in [0.29, 0.717) is 57.2 Å². The number of halogens is 2. The summed E-state index contributed by atoms with van der Waals surface area (Å²) in [4.78, 5) is 59.9. The molecule has 0 unspecified atom stereocenters. The lowest BCUT2D eigenvalue weighted by molar-refractivity contribution is -0.143. The number of ether oxygens (including phenoxy) is 3. The zero-order valence-electron chi connectivity index (χ0n) is 27.7. The summed E-state index contributed by atoms with van der Waals surface area (Å²) in [6, 6.07) is 11.2. The molecule has 2 aromatic rings. The molecule has 14 heteroatoms. The van der Waals surface area contributed by atoms with Gasteiger partial charge in [-0.1, -0.05) is 41.4 Å². The number of piperazine rings is 1. The average molecular weight is 717 g/mol. The Kier molecular flexibility index (Phi) is 11.5. The van der Waals surface area contributed by atoms with Crippen molar-refractivity contribution in [2.45, 2.75) is 63.6 Å². The van der Waals surface area contributed by atoms with E-state index in [9.17, 15) is 19.2 Å². The van der Waals surface area contributed by atoms with Crippen LogP contribution in [0.4, 0.5) is 15.3 Å². The highest BCUT2D eigenvalue weighted by atomic mass is 35.5. The van der Waals surface area contributed by atoms with Crippen molar-refractivity contribution >= 4 is 52.9 Å². The highest BCUT2D eigenvalue weighted by Gasteiger charge is 2.36. The van der Waals surface area contributed by atoms with Gasteiger partial charge < -0.3 is 34.2 Å². The number of hydrogen-bond acceptors (Lipinski definition) is 8. The molecular weight excluding hydrogens is 673 g/mol. The third-order valence-electron chi connectivity index (χ3n) is 9.88.